The lowest BCUT2D eigenvalue weighted by Crippen LogP contribution is -2.36. The fourth-order valence-electron chi connectivity index (χ4n) is 2.43. The SMILES string of the molecule is O=C(Nc1cccc([N+](=O)[O-])c1)N(Cc1ccc(F)cc1)C1CC1. The molecule has 1 aliphatic rings. The molecule has 0 heterocycles. The highest BCUT2D eigenvalue weighted by Gasteiger charge is 2.32. The van der Waals surface area contributed by atoms with Crippen LogP contribution in [0.3, 0.4) is 0 Å². The highest BCUT2D eigenvalue weighted by molar-refractivity contribution is 5.90. The predicted octanol–water partition coefficient (Wildman–Crippen LogP) is 3.93. The third kappa shape index (κ3) is 3.87. The van der Waals surface area contributed by atoms with E-state index in [1.165, 1.54) is 30.3 Å². The van der Waals surface area contributed by atoms with E-state index in [-0.39, 0.29) is 23.6 Å². The second kappa shape index (κ2) is 6.66. The number of nitro groups is 1. The number of halogens is 1. The maximum Gasteiger partial charge on any atom is 0.322 e. The summed E-state index contributed by atoms with van der Waals surface area (Å²) in [6, 6.07) is 11.7. The van der Waals surface area contributed by atoms with Crippen molar-refractivity contribution in [3.05, 3.63) is 70.0 Å². The van der Waals surface area contributed by atoms with Gasteiger partial charge in [-0.15, -0.1) is 0 Å². The van der Waals surface area contributed by atoms with Crippen LogP contribution in [0, 0.1) is 15.9 Å². The van der Waals surface area contributed by atoms with E-state index in [4.69, 9.17) is 0 Å². The van der Waals surface area contributed by atoms with Gasteiger partial charge in [-0.05, 0) is 36.6 Å². The van der Waals surface area contributed by atoms with E-state index in [0.717, 1.165) is 18.4 Å². The Morgan fingerprint density at radius 3 is 2.58 bits per heavy atom. The van der Waals surface area contributed by atoms with Crippen molar-refractivity contribution >= 4 is 17.4 Å². The molecular formula is C17H16FN3O3. The van der Waals surface area contributed by atoms with Gasteiger partial charge in [0, 0.05) is 30.4 Å². The van der Waals surface area contributed by atoms with Gasteiger partial charge in [0.1, 0.15) is 5.82 Å². The maximum atomic E-state index is 13.0. The molecule has 0 unspecified atom stereocenters. The van der Waals surface area contributed by atoms with E-state index in [2.05, 4.69) is 5.32 Å². The summed E-state index contributed by atoms with van der Waals surface area (Å²) in [7, 11) is 0. The van der Waals surface area contributed by atoms with Crippen LogP contribution in [0.5, 0.6) is 0 Å². The molecule has 2 aromatic carbocycles. The van der Waals surface area contributed by atoms with Crippen LogP contribution in [0.1, 0.15) is 18.4 Å². The zero-order valence-corrected chi connectivity index (χ0v) is 12.8. The number of urea groups is 1. The minimum Gasteiger partial charge on any atom is -0.317 e. The van der Waals surface area contributed by atoms with Crippen molar-refractivity contribution in [1.29, 1.82) is 0 Å². The minimum absolute atomic E-state index is 0.0793. The van der Waals surface area contributed by atoms with Gasteiger partial charge in [0.2, 0.25) is 0 Å². The molecule has 0 aliphatic heterocycles. The highest BCUT2D eigenvalue weighted by atomic mass is 19.1. The molecule has 2 amide bonds. The first-order valence-electron chi connectivity index (χ1n) is 7.59. The third-order valence-corrected chi connectivity index (χ3v) is 3.82. The number of non-ortho nitro benzene ring substituents is 1. The Labute approximate surface area is 138 Å². The highest BCUT2D eigenvalue weighted by Crippen LogP contribution is 2.29. The summed E-state index contributed by atoms with van der Waals surface area (Å²) in [6.45, 7) is 0.367. The zero-order valence-electron chi connectivity index (χ0n) is 12.8. The van der Waals surface area contributed by atoms with Crippen LogP contribution in [-0.2, 0) is 6.54 Å². The first-order chi connectivity index (χ1) is 11.5. The summed E-state index contributed by atoms with van der Waals surface area (Å²) in [5.41, 5.74) is 1.13. The van der Waals surface area contributed by atoms with Gasteiger partial charge in [-0.1, -0.05) is 18.2 Å². The molecule has 0 aromatic heterocycles. The number of benzene rings is 2. The Balaban J connectivity index is 1.72. The molecule has 24 heavy (non-hydrogen) atoms. The number of anilines is 1. The summed E-state index contributed by atoms with van der Waals surface area (Å²) in [4.78, 5) is 24.5. The van der Waals surface area contributed by atoms with Gasteiger partial charge in [0.15, 0.2) is 0 Å². The Hall–Kier alpha value is -2.96. The Kier molecular flexibility index (Phi) is 4.41. The van der Waals surface area contributed by atoms with Crippen LogP contribution in [0.15, 0.2) is 48.5 Å². The number of hydrogen-bond acceptors (Lipinski definition) is 3. The summed E-state index contributed by atoms with van der Waals surface area (Å²) in [5.74, 6) is -0.322. The lowest BCUT2D eigenvalue weighted by Gasteiger charge is -2.23. The lowest BCUT2D eigenvalue weighted by molar-refractivity contribution is -0.384. The smallest absolute Gasteiger partial charge is 0.317 e. The standard InChI is InChI=1S/C17H16FN3O3/c18-13-6-4-12(5-7-13)11-20(15-8-9-15)17(22)19-14-2-1-3-16(10-14)21(23)24/h1-7,10,15H,8-9,11H2,(H,19,22). The van der Waals surface area contributed by atoms with Gasteiger partial charge in [0.25, 0.3) is 5.69 Å². The molecule has 1 saturated carbocycles. The number of rotatable bonds is 5. The van der Waals surface area contributed by atoms with Gasteiger partial charge >= 0.3 is 6.03 Å². The predicted molar refractivity (Wildman–Crippen MR) is 87.1 cm³/mol. The van der Waals surface area contributed by atoms with Crippen LogP contribution >= 0.6 is 0 Å². The molecule has 7 heteroatoms. The molecule has 1 N–H and O–H groups in total. The van der Waals surface area contributed by atoms with E-state index < -0.39 is 4.92 Å². The topological polar surface area (TPSA) is 75.5 Å². The van der Waals surface area contributed by atoms with Gasteiger partial charge < -0.3 is 10.2 Å². The van der Waals surface area contributed by atoms with Crippen LogP contribution in [0.4, 0.5) is 20.6 Å². The van der Waals surface area contributed by atoms with E-state index in [0.29, 0.717) is 12.2 Å². The first-order valence-corrected chi connectivity index (χ1v) is 7.59. The van der Waals surface area contributed by atoms with Crippen molar-refractivity contribution in [2.45, 2.75) is 25.4 Å². The number of nitrogens with zero attached hydrogens (tertiary/aromatic N) is 2. The number of hydrogen-bond donors (Lipinski definition) is 1. The molecule has 2 aromatic rings. The van der Waals surface area contributed by atoms with Crippen LogP contribution in [0.25, 0.3) is 0 Å². The summed E-state index contributed by atoms with van der Waals surface area (Å²) in [6.07, 6.45) is 1.84. The van der Waals surface area contributed by atoms with E-state index in [1.807, 2.05) is 0 Å². The van der Waals surface area contributed by atoms with Crippen molar-refractivity contribution < 1.29 is 14.1 Å². The molecule has 0 spiro atoms. The molecule has 0 saturated heterocycles. The molecule has 6 nitrogen and oxygen atoms in total. The van der Waals surface area contributed by atoms with Crippen molar-refractivity contribution in [3.63, 3.8) is 0 Å². The number of carbonyl (C=O) groups is 1. The van der Waals surface area contributed by atoms with E-state index in [1.54, 1.807) is 23.1 Å². The number of amides is 2. The summed E-state index contributed by atoms with van der Waals surface area (Å²) < 4.78 is 13.0. The van der Waals surface area contributed by atoms with Gasteiger partial charge in [-0.25, -0.2) is 9.18 Å². The van der Waals surface area contributed by atoms with Crippen molar-refractivity contribution in [1.82, 2.24) is 4.90 Å². The molecule has 0 bridgehead atoms. The lowest BCUT2D eigenvalue weighted by atomic mass is 10.2. The first kappa shape index (κ1) is 15.9. The number of nitrogens with one attached hydrogen (secondary N) is 1. The molecular weight excluding hydrogens is 313 g/mol. The number of carbonyl (C=O) groups excluding carboxylic acids is 1. The van der Waals surface area contributed by atoms with Crippen molar-refractivity contribution in [3.8, 4) is 0 Å². The Morgan fingerprint density at radius 1 is 1.25 bits per heavy atom. The summed E-state index contributed by atoms with van der Waals surface area (Å²) in [5, 5.41) is 13.5. The summed E-state index contributed by atoms with van der Waals surface area (Å²) >= 11 is 0. The molecule has 1 aliphatic carbocycles. The number of nitro benzene ring substituents is 1. The van der Waals surface area contributed by atoms with E-state index in [9.17, 15) is 19.3 Å². The average molecular weight is 329 g/mol. The molecule has 124 valence electrons. The third-order valence-electron chi connectivity index (χ3n) is 3.82. The minimum atomic E-state index is -0.507. The monoisotopic (exact) mass is 329 g/mol. The fraction of sp³-hybridized carbons (Fsp3) is 0.235. The van der Waals surface area contributed by atoms with Gasteiger partial charge in [-0.3, -0.25) is 10.1 Å². The molecule has 0 atom stereocenters. The molecule has 3 rings (SSSR count). The molecule has 1 fully saturated rings. The molecule has 0 radical (unpaired) electrons. The fourth-order valence-corrected chi connectivity index (χ4v) is 2.43. The second-order valence-corrected chi connectivity index (χ2v) is 5.72. The van der Waals surface area contributed by atoms with Crippen molar-refractivity contribution in [2.75, 3.05) is 5.32 Å². The van der Waals surface area contributed by atoms with E-state index >= 15 is 0 Å². The zero-order chi connectivity index (χ0) is 17.1. The van der Waals surface area contributed by atoms with Gasteiger partial charge in [0.05, 0.1) is 4.92 Å². The normalized spacial score (nSPS) is 13.4. The quantitative estimate of drug-likeness (QED) is 0.667. The Morgan fingerprint density at radius 2 is 1.96 bits per heavy atom. The van der Waals surface area contributed by atoms with Crippen LogP contribution < -0.4 is 5.32 Å². The average Bonchev–Trinajstić information content (AvgIpc) is 3.39. The second-order valence-electron chi connectivity index (χ2n) is 5.72. The van der Waals surface area contributed by atoms with Crippen LogP contribution in [-0.4, -0.2) is 21.9 Å². The largest absolute Gasteiger partial charge is 0.322 e. The Bertz CT molecular complexity index is 760. The van der Waals surface area contributed by atoms with Gasteiger partial charge in [-0.2, -0.15) is 0 Å². The van der Waals surface area contributed by atoms with Crippen LogP contribution in [0.2, 0.25) is 0 Å². The van der Waals surface area contributed by atoms with Crippen molar-refractivity contribution in [2.24, 2.45) is 0 Å². The maximum absolute atomic E-state index is 13.0.